The number of nitrogens with two attached hydrogens (primary N) is 1. The molecule has 0 aliphatic carbocycles. The van der Waals surface area contributed by atoms with E-state index >= 15 is 0 Å². The fourth-order valence-corrected chi connectivity index (χ4v) is 3.67. The first-order valence-electron chi connectivity index (χ1n) is 10.8. The Labute approximate surface area is 198 Å². The molecule has 1 amide bonds. The number of pyridine rings is 1. The van der Waals surface area contributed by atoms with Crippen molar-refractivity contribution in [2.24, 2.45) is 7.05 Å². The molecule has 0 radical (unpaired) electrons. The highest BCUT2D eigenvalue weighted by Crippen LogP contribution is 2.23. The van der Waals surface area contributed by atoms with E-state index in [1.807, 2.05) is 42.9 Å². The number of hydrogen-bond acceptors (Lipinski definition) is 6. The Hall–Kier alpha value is -4.48. The molecule has 34 heavy (non-hydrogen) atoms. The van der Waals surface area contributed by atoms with Crippen LogP contribution in [0.5, 0.6) is 0 Å². The van der Waals surface area contributed by atoms with Crippen LogP contribution in [-0.2, 0) is 20.1 Å². The number of carbonyl (C=O) groups is 1. The van der Waals surface area contributed by atoms with Crippen LogP contribution in [0, 0.1) is 18.3 Å². The maximum absolute atomic E-state index is 12.6. The minimum Gasteiger partial charge on any atom is -0.397 e. The summed E-state index contributed by atoms with van der Waals surface area (Å²) in [4.78, 5) is 17.1. The molecular formula is C26H25N7O. The highest BCUT2D eigenvalue weighted by atomic mass is 16.1. The van der Waals surface area contributed by atoms with Crippen molar-refractivity contribution in [3.63, 3.8) is 0 Å². The standard InChI is InChI=1S/C26H25N7O/c1-17-11-22(33(2)32-17)16-29-14-18-12-21(13-27)25(30-15-18)19-7-9-20(10-8-19)26(34)31-24-6-4-3-5-23(24)28/h3-12,15,29H,14,16,28H2,1-2H3,(H,31,34). The second-order valence-corrected chi connectivity index (χ2v) is 7.97. The van der Waals surface area contributed by atoms with Crippen LogP contribution < -0.4 is 16.4 Å². The number of para-hydroxylation sites is 2. The fourth-order valence-electron chi connectivity index (χ4n) is 3.67. The molecule has 4 aromatic rings. The minimum absolute atomic E-state index is 0.261. The number of rotatable bonds is 7. The van der Waals surface area contributed by atoms with Crippen LogP contribution in [0.2, 0.25) is 0 Å². The topological polar surface area (TPSA) is 122 Å². The van der Waals surface area contributed by atoms with E-state index in [9.17, 15) is 10.1 Å². The van der Waals surface area contributed by atoms with Crippen molar-refractivity contribution < 1.29 is 4.79 Å². The highest BCUT2D eigenvalue weighted by Gasteiger charge is 2.12. The summed E-state index contributed by atoms with van der Waals surface area (Å²) in [5.74, 6) is -0.261. The summed E-state index contributed by atoms with van der Waals surface area (Å²) in [6.45, 7) is 3.20. The van der Waals surface area contributed by atoms with Crippen LogP contribution in [-0.4, -0.2) is 20.7 Å². The van der Waals surface area contributed by atoms with Gasteiger partial charge in [-0.1, -0.05) is 24.3 Å². The number of nitrogen functional groups attached to an aromatic ring is 1. The lowest BCUT2D eigenvalue weighted by Crippen LogP contribution is -2.15. The van der Waals surface area contributed by atoms with E-state index in [1.165, 1.54) is 0 Å². The van der Waals surface area contributed by atoms with E-state index in [1.54, 1.807) is 42.6 Å². The molecule has 170 valence electrons. The molecule has 0 atom stereocenters. The lowest BCUT2D eigenvalue weighted by Gasteiger charge is -2.10. The second-order valence-electron chi connectivity index (χ2n) is 7.97. The molecule has 8 nitrogen and oxygen atoms in total. The van der Waals surface area contributed by atoms with Crippen molar-refractivity contribution in [1.29, 1.82) is 5.26 Å². The van der Waals surface area contributed by atoms with Gasteiger partial charge in [0.2, 0.25) is 0 Å². The molecule has 2 heterocycles. The monoisotopic (exact) mass is 451 g/mol. The quantitative estimate of drug-likeness (QED) is 0.368. The number of nitrogens with zero attached hydrogens (tertiary/aromatic N) is 4. The molecular weight excluding hydrogens is 426 g/mol. The summed E-state index contributed by atoms with van der Waals surface area (Å²) >= 11 is 0. The molecule has 0 aliphatic heterocycles. The van der Waals surface area contributed by atoms with Gasteiger partial charge in [-0.05, 0) is 48.9 Å². The predicted octanol–water partition coefficient (Wildman–Crippen LogP) is 3.79. The van der Waals surface area contributed by atoms with Crippen molar-refractivity contribution in [3.8, 4) is 17.3 Å². The van der Waals surface area contributed by atoms with Crippen molar-refractivity contribution in [1.82, 2.24) is 20.1 Å². The maximum atomic E-state index is 12.6. The molecule has 0 bridgehead atoms. The van der Waals surface area contributed by atoms with Gasteiger partial charge in [-0.15, -0.1) is 0 Å². The van der Waals surface area contributed by atoms with Gasteiger partial charge in [0.15, 0.2) is 0 Å². The Morgan fingerprint density at radius 1 is 1.12 bits per heavy atom. The SMILES string of the molecule is Cc1cc(CNCc2cnc(-c3ccc(C(=O)Nc4ccccc4N)cc3)c(C#N)c2)n(C)n1. The van der Waals surface area contributed by atoms with Crippen LogP contribution >= 0.6 is 0 Å². The summed E-state index contributed by atoms with van der Waals surface area (Å²) in [7, 11) is 1.92. The molecule has 8 heteroatoms. The number of hydrogen-bond donors (Lipinski definition) is 3. The first kappa shape index (κ1) is 22.7. The highest BCUT2D eigenvalue weighted by molar-refractivity contribution is 6.05. The fraction of sp³-hybridized carbons (Fsp3) is 0.154. The van der Waals surface area contributed by atoms with Crippen molar-refractivity contribution in [3.05, 3.63) is 94.9 Å². The van der Waals surface area contributed by atoms with E-state index in [2.05, 4.69) is 26.8 Å². The second kappa shape index (κ2) is 9.98. The van der Waals surface area contributed by atoms with Gasteiger partial charge in [0.25, 0.3) is 5.91 Å². The van der Waals surface area contributed by atoms with E-state index < -0.39 is 0 Å². The lowest BCUT2D eigenvalue weighted by atomic mass is 10.0. The number of nitriles is 1. The summed E-state index contributed by atoms with van der Waals surface area (Å²) < 4.78 is 1.85. The van der Waals surface area contributed by atoms with Gasteiger partial charge in [0.05, 0.1) is 34.0 Å². The first-order valence-corrected chi connectivity index (χ1v) is 10.8. The summed E-state index contributed by atoms with van der Waals surface area (Å²) in [6.07, 6.45) is 1.76. The largest absolute Gasteiger partial charge is 0.397 e. The number of aromatic nitrogens is 3. The van der Waals surface area contributed by atoms with Crippen LogP contribution in [0.4, 0.5) is 11.4 Å². The van der Waals surface area contributed by atoms with E-state index in [4.69, 9.17) is 5.73 Å². The van der Waals surface area contributed by atoms with Gasteiger partial charge >= 0.3 is 0 Å². The minimum atomic E-state index is -0.261. The average molecular weight is 452 g/mol. The molecule has 0 spiro atoms. The number of benzene rings is 2. The molecule has 0 fully saturated rings. The maximum Gasteiger partial charge on any atom is 0.255 e. The van der Waals surface area contributed by atoms with Crippen molar-refractivity contribution in [2.45, 2.75) is 20.0 Å². The van der Waals surface area contributed by atoms with Crippen molar-refractivity contribution >= 4 is 17.3 Å². The van der Waals surface area contributed by atoms with Crippen LogP contribution in [0.25, 0.3) is 11.3 Å². The lowest BCUT2D eigenvalue weighted by molar-refractivity contribution is 0.102. The van der Waals surface area contributed by atoms with Gasteiger partial charge in [-0.2, -0.15) is 10.4 Å². The number of aryl methyl sites for hydroxylation is 2. The first-order chi connectivity index (χ1) is 16.4. The molecule has 0 saturated carbocycles. The Morgan fingerprint density at radius 2 is 1.88 bits per heavy atom. The zero-order valence-corrected chi connectivity index (χ0v) is 19.0. The average Bonchev–Trinajstić information content (AvgIpc) is 3.17. The number of anilines is 2. The molecule has 2 aromatic heterocycles. The third kappa shape index (κ3) is 5.11. The van der Waals surface area contributed by atoms with E-state index in [-0.39, 0.29) is 5.91 Å². The van der Waals surface area contributed by atoms with Gasteiger partial charge in [0.1, 0.15) is 6.07 Å². The van der Waals surface area contributed by atoms with Crippen LogP contribution in [0.1, 0.15) is 32.9 Å². The Bertz CT molecular complexity index is 1370. The summed E-state index contributed by atoms with van der Waals surface area (Å²) in [5.41, 5.74) is 12.2. The van der Waals surface area contributed by atoms with Crippen LogP contribution in [0.3, 0.4) is 0 Å². The Morgan fingerprint density at radius 3 is 2.56 bits per heavy atom. The third-order valence-corrected chi connectivity index (χ3v) is 5.43. The predicted molar refractivity (Wildman–Crippen MR) is 132 cm³/mol. The Balaban J connectivity index is 1.44. The van der Waals surface area contributed by atoms with Gasteiger partial charge in [-0.25, -0.2) is 0 Å². The number of nitrogens with one attached hydrogen (secondary N) is 2. The summed E-state index contributed by atoms with van der Waals surface area (Å²) in [6, 6.07) is 20.2. The smallest absolute Gasteiger partial charge is 0.255 e. The van der Waals surface area contributed by atoms with Crippen LogP contribution in [0.15, 0.2) is 66.9 Å². The van der Waals surface area contributed by atoms with E-state index in [0.29, 0.717) is 41.3 Å². The molecule has 4 rings (SSSR count). The zero-order valence-electron chi connectivity index (χ0n) is 19.0. The molecule has 0 aliphatic rings. The van der Waals surface area contributed by atoms with Gasteiger partial charge < -0.3 is 16.4 Å². The molecule has 0 saturated heterocycles. The number of amides is 1. The Kier molecular flexibility index (Phi) is 6.67. The molecule has 4 N–H and O–H groups in total. The zero-order chi connectivity index (χ0) is 24.1. The van der Waals surface area contributed by atoms with Gasteiger partial charge in [0, 0.05) is 37.5 Å². The van der Waals surface area contributed by atoms with Gasteiger partial charge in [-0.3, -0.25) is 14.5 Å². The number of carbonyl (C=O) groups excluding carboxylic acids is 1. The van der Waals surface area contributed by atoms with E-state index in [0.717, 1.165) is 22.5 Å². The third-order valence-electron chi connectivity index (χ3n) is 5.43. The molecule has 2 aromatic carbocycles. The normalized spacial score (nSPS) is 10.6. The van der Waals surface area contributed by atoms with Crippen molar-refractivity contribution in [2.75, 3.05) is 11.1 Å². The summed E-state index contributed by atoms with van der Waals surface area (Å²) in [5, 5.41) is 20.2. The molecule has 0 unspecified atom stereocenters.